The Morgan fingerprint density at radius 3 is 2.24 bits per heavy atom. The predicted octanol–water partition coefficient (Wildman–Crippen LogP) is 2.18. The minimum Gasteiger partial charge on any atom is -0.442 e. The van der Waals surface area contributed by atoms with Gasteiger partial charge in [-0.2, -0.15) is 5.10 Å². The lowest BCUT2D eigenvalue weighted by molar-refractivity contribution is -0.127. The van der Waals surface area contributed by atoms with Crippen LogP contribution in [0.2, 0.25) is 0 Å². The van der Waals surface area contributed by atoms with Crippen molar-refractivity contribution in [2.24, 2.45) is 10.4 Å². The molecule has 0 spiro atoms. The third-order valence-corrected chi connectivity index (χ3v) is 2.22. The number of aliphatic imine (C=N–C) groups is 1. The minimum atomic E-state index is -0.790. The highest BCUT2D eigenvalue weighted by atomic mass is 16.6. The van der Waals surface area contributed by atoms with Crippen molar-refractivity contribution in [1.82, 2.24) is 15.1 Å². The second-order valence-electron chi connectivity index (χ2n) is 6.57. The summed E-state index contributed by atoms with van der Waals surface area (Å²) in [7, 11) is 0. The summed E-state index contributed by atoms with van der Waals surface area (Å²) in [6.45, 7) is 10.5. The van der Waals surface area contributed by atoms with Crippen LogP contribution in [0.25, 0.3) is 0 Å². The lowest BCUT2D eigenvalue weighted by Crippen LogP contribution is -2.43. The maximum absolute atomic E-state index is 12.1. The Labute approximate surface area is 124 Å². The molecule has 0 saturated heterocycles. The van der Waals surface area contributed by atoms with Gasteiger partial charge in [0.1, 0.15) is 5.60 Å². The molecule has 1 rings (SSSR count). The summed E-state index contributed by atoms with van der Waals surface area (Å²) < 4.78 is 6.41. The second-order valence-corrected chi connectivity index (χ2v) is 6.57. The van der Waals surface area contributed by atoms with Crippen LogP contribution in [0.4, 0.5) is 4.79 Å². The number of hydrogen-bond donors (Lipinski definition) is 1. The molecule has 0 aliphatic heterocycles. The lowest BCUT2D eigenvalue weighted by atomic mass is 9.96. The Bertz CT molecular complexity index is 534. The molecular weight excluding hydrogens is 272 g/mol. The van der Waals surface area contributed by atoms with Crippen LogP contribution in [-0.4, -0.2) is 33.3 Å². The number of hydrogen-bond acceptors (Lipinski definition) is 4. The molecule has 116 valence electrons. The van der Waals surface area contributed by atoms with E-state index in [1.54, 1.807) is 53.8 Å². The van der Waals surface area contributed by atoms with Crippen molar-refractivity contribution in [3.05, 3.63) is 18.5 Å². The van der Waals surface area contributed by atoms with E-state index in [2.05, 4.69) is 15.4 Å². The van der Waals surface area contributed by atoms with Gasteiger partial charge in [0.05, 0.1) is 0 Å². The molecule has 7 nitrogen and oxygen atoms in total. The fourth-order valence-electron chi connectivity index (χ4n) is 1.19. The van der Waals surface area contributed by atoms with Crippen LogP contribution in [0.3, 0.4) is 0 Å². The van der Waals surface area contributed by atoms with E-state index >= 15 is 0 Å². The standard InChI is InChI=1S/C14H22N4O3/c1-13(2,3)10(19)16-11(18-9-7-8-15-18)17-12(20)21-14(4,5)6/h7-9H,1-6H3,(H,16,17,19,20). The zero-order chi connectivity index (χ0) is 16.3. The van der Waals surface area contributed by atoms with Crippen LogP contribution in [0, 0.1) is 5.41 Å². The van der Waals surface area contributed by atoms with Gasteiger partial charge >= 0.3 is 6.09 Å². The Morgan fingerprint density at radius 1 is 1.19 bits per heavy atom. The molecule has 0 aromatic carbocycles. The van der Waals surface area contributed by atoms with E-state index in [1.807, 2.05) is 0 Å². The van der Waals surface area contributed by atoms with Gasteiger partial charge in [-0.05, 0) is 26.8 Å². The molecule has 0 radical (unpaired) electrons. The molecule has 0 unspecified atom stereocenters. The third kappa shape index (κ3) is 5.76. The first kappa shape index (κ1) is 16.9. The maximum atomic E-state index is 12.1. The monoisotopic (exact) mass is 294 g/mol. The van der Waals surface area contributed by atoms with Crippen LogP contribution < -0.4 is 5.32 Å². The number of carbonyl (C=O) groups is 2. The third-order valence-electron chi connectivity index (χ3n) is 2.22. The van der Waals surface area contributed by atoms with Crippen LogP contribution in [0.1, 0.15) is 41.5 Å². The fourth-order valence-corrected chi connectivity index (χ4v) is 1.19. The maximum Gasteiger partial charge on any atom is 0.437 e. The Morgan fingerprint density at radius 2 is 1.81 bits per heavy atom. The lowest BCUT2D eigenvalue weighted by Gasteiger charge is -2.20. The summed E-state index contributed by atoms with van der Waals surface area (Å²) >= 11 is 0. The van der Waals surface area contributed by atoms with Gasteiger partial charge in [0.2, 0.25) is 11.9 Å². The number of amides is 2. The van der Waals surface area contributed by atoms with Gasteiger partial charge in [0.15, 0.2) is 0 Å². The number of aromatic nitrogens is 2. The van der Waals surface area contributed by atoms with Gasteiger partial charge in [0.25, 0.3) is 0 Å². The molecular formula is C14H22N4O3. The van der Waals surface area contributed by atoms with E-state index in [4.69, 9.17) is 4.74 Å². The molecule has 0 atom stereocenters. The van der Waals surface area contributed by atoms with Crippen molar-refractivity contribution in [2.75, 3.05) is 0 Å². The summed E-state index contributed by atoms with van der Waals surface area (Å²) in [6, 6.07) is 1.66. The number of carbonyl (C=O) groups excluding carboxylic acids is 2. The van der Waals surface area contributed by atoms with Crippen molar-refractivity contribution in [3.63, 3.8) is 0 Å². The van der Waals surface area contributed by atoms with Gasteiger partial charge in [-0.3, -0.25) is 10.1 Å². The van der Waals surface area contributed by atoms with Crippen molar-refractivity contribution in [3.8, 4) is 0 Å². The number of nitrogens with one attached hydrogen (secondary N) is 1. The first-order valence-corrected chi connectivity index (χ1v) is 6.62. The normalized spacial score (nSPS) is 13.0. The highest BCUT2D eigenvalue weighted by Gasteiger charge is 2.24. The molecule has 0 bridgehead atoms. The van der Waals surface area contributed by atoms with E-state index in [-0.39, 0.29) is 11.9 Å². The molecule has 2 amide bonds. The van der Waals surface area contributed by atoms with E-state index in [9.17, 15) is 9.59 Å². The second kappa shape index (κ2) is 6.07. The average Bonchev–Trinajstić information content (AvgIpc) is 2.76. The fraction of sp³-hybridized carbons (Fsp3) is 0.571. The summed E-state index contributed by atoms with van der Waals surface area (Å²) in [5, 5.41) is 6.55. The highest BCUT2D eigenvalue weighted by molar-refractivity contribution is 6.03. The van der Waals surface area contributed by atoms with Gasteiger partial charge in [-0.25, -0.2) is 9.48 Å². The first-order valence-electron chi connectivity index (χ1n) is 6.62. The summed E-state index contributed by atoms with van der Waals surface area (Å²) in [5.74, 6) is -0.269. The molecule has 1 aromatic heterocycles. The number of nitrogens with zero attached hydrogens (tertiary/aromatic N) is 3. The van der Waals surface area contributed by atoms with Gasteiger partial charge in [-0.15, -0.1) is 4.99 Å². The van der Waals surface area contributed by atoms with Crippen LogP contribution in [0.15, 0.2) is 23.5 Å². The number of rotatable bonds is 0. The Hall–Kier alpha value is -2.18. The zero-order valence-electron chi connectivity index (χ0n) is 13.3. The quantitative estimate of drug-likeness (QED) is 0.587. The van der Waals surface area contributed by atoms with E-state index in [1.165, 1.54) is 10.9 Å². The first-order chi connectivity index (χ1) is 9.49. The van der Waals surface area contributed by atoms with Gasteiger partial charge in [-0.1, -0.05) is 20.8 Å². The van der Waals surface area contributed by atoms with Crippen molar-refractivity contribution in [2.45, 2.75) is 47.1 Å². The minimum absolute atomic E-state index is 0.00850. The van der Waals surface area contributed by atoms with Crippen molar-refractivity contribution < 1.29 is 14.3 Å². The molecule has 0 saturated carbocycles. The molecule has 1 N–H and O–H groups in total. The number of ether oxygens (including phenoxy) is 1. The van der Waals surface area contributed by atoms with Gasteiger partial charge in [0, 0.05) is 17.8 Å². The van der Waals surface area contributed by atoms with E-state index < -0.39 is 17.1 Å². The molecule has 7 heteroatoms. The predicted molar refractivity (Wildman–Crippen MR) is 78.9 cm³/mol. The summed E-state index contributed by atoms with van der Waals surface area (Å²) in [6.07, 6.45) is 2.31. The molecule has 0 fully saturated rings. The molecule has 21 heavy (non-hydrogen) atoms. The highest BCUT2D eigenvalue weighted by Crippen LogP contribution is 2.13. The Balaban J connectivity index is 2.99. The zero-order valence-corrected chi connectivity index (χ0v) is 13.3. The van der Waals surface area contributed by atoms with Crippen LogP contribution >= 0.6 is 0 Å². The van der Waals surface area contributed by atoms with E-state index in [0.29, 0.717) is 0 Å². The summed E-state index contributed by atoms with van der Waals surface area (Å²) in [4.78, 5) is 27.6. The van der Waals surface area contributed by atoms with E-state index in [0.717, 1.165) is 0 Å². The molecule has 1 aromatic rings. The van der Waals surface area contributed by atoms with Crippen molar-refractivity contribution in [1.29, 1.82) is 0 Å². The Kier molecular flexibility index (Phi) is 4.88. The topological polar surface area (TPSA) is 85.6 Å². The molecule has 0 aliphatic rings. The largest absolute Gasteiger partial charge is 0.442 e. The average molecular weight is 294 g/mol. The van der Waals surface area contributed by atoms with Crippen LogP contribution in [0.5, 0.6) is 0 Å². The van der Waals surface area contributed by atoms with Crippen LogP contribution in [-0.2, 0) is 9.53 Å². The summed E-state index contributed by atoms with van der Waals surface area (Å²) in [5.41, 5.74) is -1.29. The SMILES string of the molecule is CC(C)(C)OC(=O)N=C(NC(=O)C(C)(C)C)n1cccn1. The van der Waals surface area contributed by atoms with Crippen molar-refractivity contribution >= 4 is 18.0 Å². The molecule has 0 aliphatic carbocycles. The van der Waals surface area contributed by atoms with Gasteiger partial charge < -0.3 is 4.74 Å². The smallest absolute Gasteiger partial charge is 0.437 e. The molecule has 1 heterocycles.